The van der Waals surface area contributed by atoms with Crippen LogP contribution in [-0.4, -0.2) is 0 Å². The maximum atomic E-state index is 5.96. The average molecular weight is 284 g/mol. The first kappa shape index (κ1) is 12.6. The average Bonchev–Trinajstić information content (AvgIpc) is 2.31. The minimum Gasteiger partial charge on any atom is -0.399 e. The van der Waals surface area contributed by atoms with Crippen molar-refractivity contribution in [1.82, 2.24) is 0 Å². The molecule has 0 saturated carbocycles. The van der Waals surface area contributed by atoms with Crippen molar-refractivity contribution in [3.63, 3.8) is 0 Å². The Balaban J connectivity index is 2.05. The molecule has 17 heavy (non-hydrogen) atoms. The van der Waals surface area contributed by atoms with Crippen LogP contribution in [0.4, 0.5) is 5.69 Å². The van der Waals surface area contributed by atoms with Crippen LogP contribution in [0.15, 0.2) is 47.4 Å². The van der Waals surface area contributed by atoms with E-state index in [1.807, 2.05) is 36.4 Å². The SMILES string of the molecule is Nc1cccc(CSc2ccc(Cl)c(Cl)c2)c1. The first-order valence-electron chi connectivity index (χ1n) is 5.07. The first-order valence-corrected chi connectivity index (χ1v) is 6.81. The fourth-order valence-electron chi connectivity index (χ4n) is 1.42. The molecule has 0 atom stereocenters. The van der Waals surface area contributed by atoms with Crippen molar-refractivity contribution in [2.24, 2.45) is 0 Å². The van der Waals surface area contributed by atoms with Gasteiger partial charge in [0.1, 0.15) is 0 Å². The Kier molecular flexibility index (Phi) is 4.21. The highest BCUT2D eigenvalue weighted by atomic mass is 35.5. The Morgan fingerprint density at radius 2 is 1.82 bits per heavy atom. The van der Waals surface area contributed by atoms with Crippen LogP contribution in [0.3, 0.4) is 0 Å². The lowest BCUT2D eigenvalue weighted by Gasteiger charge is -2.04. The predicted octanol–water partition coefficient (Wildman–Crippen LogP) is 4.87. The van der Waals surface area contributed by atoms with Crippen molar-refractivity contribution in [3.05, 3.63) is 58.1 Å². The van der Waals surface area contributed by atoms with Crippen molar-refractivity contribution < 1.29 is 0 Å². The second-order valence-corrected chi connectivity index (χ2v) is 5.47. The molecule has 0 spiro atoms. The summed E-state index contributed by atoms with van der Waals surface area (Å²) >= 11 is 13.5. The number of nitrogen functional groups attached to an aromatic ring is 1. The number of rotatable bonds is 3. The topological polar surface area (TPSA) is 26.0 Å². The molecule has 0 aliphatic heterocycles. The summed E-state index contributed by atoms with van der Waals surface area (Å²) in [6.45, 7) is 0. The summed E-state index contributed by atoms with van der Waals surface area (Å²) in [7, 11) is 0. The molecule has 2 aromatic rings. The summed E-state index contributed by atoms with van der Waals surface area (Å²) in [6, 6.07) is 13.5. The molecule has 0 aliphatic rings. The Hall–Kier alpha value is -0.830. The lowest BCUT2D eigenvalue weighted by atomic mass is 10.2. The summed E-state index contributed by atoms with van der Waals surface area (Å²) < 4.78 is 0. The molecule has 2 N–H and O–H groups in total. The van der Waals surface area contributed by atoms with Crippen LogP contribution in [0.25, 0.3) is 0 Å². The van der Waals surface area contributed by atoms with Gasteiger partial charge in [0.05, 0.1) is 10.0 Å². The van der Waals surface area contributed by atoms with E-state index in [-0.39, 0.29) is 0 Å². The van der Waals surface area contributed by atoms with Crippen LogP contribution in [0.5, 0.6) is 0 Å². The smallest absolute Gasteiger partial charge is 0.0603 e. The molecule has 2 aromatic carbocycles. The molecule has 0 heterocycles. The third-order valence-electron chi connectivity index (χ3n) is 2.25. The van der Waals surface area contributed by atoms with Gasteiger partial charge in [-0.1, -0.05) is 35.3 Å². The summed E-state index contributed by atoms with van der Waals surface area (Å²) in [5.74, 6) is 0.864. The number of nitrogens with two attached hydrogens (primary N) is 1. The molecule has 0 aromatic heterocycles. The summed E-state index contributed by atoms with van der Waals surface area (Å²) in [6.07, 6.45) is 0. The predicted molar refractivity (Wildman–Crippen MR) is 76.9 cm³/mol. The lowest BCUT2D eigenvalue weighted by molar-refractivity contribution is 1.38. The third-order valence-corrected chi connectivity index (χ3v) is 4.05. The number of benzene rings is 2. The third kappa shape index (κ3) is 3.56. The van der Waals surface area contributed by atoms with Gasteiger partial charge in [0.25, 0.3) is 0 Å². The number of hydrogen-bond acceptors (Lipinski definition) is 2. The second-order valence-electron chi connectivity index (χ2n) is 3.61. The van der Waals surface area contributed by atoms with Gasteiger partial charge in [0.2, 0.25) is 0 Å². The summed E-state index contributed by atoms with van der Waals surface area (Å²) in [5.41, 5.74) is 7.71. The van der Waals surface area contributed by atoms with Crippen molar-refractivity contribution in [1.29, 1.82) is 0 Å². The van der Waals surface area contributed by atoms with E-state index >= 15 is 0 Å². The zero-order chi connectivity index (χ0) is 12.3. The number of halogens is 2. The van der Waals surface area contributed by atoms with Gasteiger partial charge in [-0.25, -0.2) is 0 Å². The van der Waals surface area contributed by atoms with E-state index in [9.17, 15) is 0 Å². The van der Waals surface area contributed by atoms with Gasteiger partial charge in [-0.15, -0.1) is 11.8 Å². The van der Waals surface area contributed by atoms with E-state index in [1.54, 1.807) is 11.8 Å². The Bertz CT molecular complexity index is 529. The molecule has 0 saturated heterocycles. The van der Waals surface area contributed by atoms with E-state index in [2.05, 4.69) is 6.07 Å². The van der Waals surface area contributed by atoms with E-state index in [0.717, 1.165) is 16.3 Å². The highest BCUT2D eigenvalue weighted by Crippen LogP contribution is 2.29. The van der Waals surface area contributed by atoms with E-state index in [4.69, 9.17) is 28.9 Å². The monoisotopic (exact) mass is 283 g/mol. The van der Waals surface area contributed by atoms with Gasteiger partial charge in [0.15, 0.2) is 0 Å². The lowest BCUT2D eigenvalue weighted by Crippen LogP contribution is -1.86. The number of thioether (sulfide) groups is 1. The van der Waals surface area contributed by atoms with Crippen LogP contribution >= 0.6 is 35.0 Å². The number of hydrogen-bond donors (Lipinski definition) is 1. The standard InChI is InChI=1S/C13H11Cl2NS/c14-12-5-4-11(7-13(12)15)17-8-9-2-1-3-10(16)6-9/h1-7H,8,16H2. The maximum absolute atomic E-state index is 5.96. The minimum absolute atomic E-state index is 0.583. The molecule has 0 radical (unpaired) electrons. The fourth-order valence-corrected chi connectivity index (χ4v) is 2.66. The molecule has 88 valence electrons. The molecule has 0 bridgehead atoms. The molecule has 0 fully saturated rings. The maximum Gasteiger partial charge on any atom is 0.0603 e. The normalized spacial score (nSPS) is 10.5. The zero-order valence-electron chi connectivity index (χ0n) is 8.99. The largest absolute Gasteiger partial charge is 0.399 e. The van der Waals surface area contributed by atoms with Crippen molar-refractivity contribution >= 4 is 40.7 Å². The van der Waals surface area contributed by atoms with Crippen LogP contribution < -0.4 is 5.73 Å². The number of anilines is 1. The Morgan fingerprint density at radius 3 is 2.53 bits per heavy atom. The quantitative estimate of drug-likeness (QED) is 0.643. The Labute approximate surface area is 115 Å². The van der Waals surface area contributed by atoms with Gasteiger partial charge in [0, 0.05) is 16.3 Å². The van der Waals surface area contributed by atoms with E-state index in [0.29, 0.717) is 10.0 Å². The van der Waals surface area contributed by atoms with Gasteiger partial charge < -0.3 is 5.73 Å². The molecule has 0 unspecified atom stereocenters. The van der Waals surface area contributed by atoms with Crippen LogP contribution in [-0.2, 0) is 5.75 Å². The molecule has 0 aliphatic carbocycles. The first-order chi connectivity index (χ1) is 8.15. The van der Waals surface area contributed by atoms with Crippen molar-refractivity contribution in [2.75, 3.05) is 5.73 Å². The molecule has 2 rings (SSSR count). The summed E-state index contributed by atoms with van der Waals surface area (Å²) in [5, 5.41) is 1.17. The molecular weight excluding hydrogens is 273 g/mol. The second kappa shape index (κ2) is 5.67. The van der Waals surface area contributed by atoms with Crippen molar-refractivity contribution in [3.8, 4) is 0 Å². The van der Waals surface area contributed by atoms with E-state index in [1.165, 1.54) is 5.56 Å². The van der Waals surface area contributed by atoms with Gasteiger partial charge >= 0.3 is 0 Å². The van der Waals surface area contributed by atoms with Crippen LogP contribution in [0.1, 0.15) is 5.56 Å². The van der Waals surface area contributed by atoms with Crippen molar-refractivity contribution in [2.45, 2.75) is 10.6 Å². The van der Waals surface area contributed by atoms with Crippen LogP contribution in [0, 0.1) is 0 Å². The Morgan fingerprint density at radius 1 is 1.00 bits per heavy atom. The van der Waals surface area contributed by atoms with Crippen LogP contribution in [0.2, 0.25) is 10.0 Å². The van der Waals surface area contributed by atoms with Gasteiger partial charge in [-0.05, 0) is 35.9 Å². The molecule has 0 amide bonds. The van der Waals surface area contributed by atoms with Gasteiger partial charge in [-0.2, -0.15) is 0 Å². The highest BCUT2D eigenvalue weighted by molar-refractivity contribution is 7.98. The molecule has 1 nitrogen and oxygen atoms in total. The van der Waals surface area contributed by atoms with Gasteiger partial charge in [-0.3, -0.25) is 0 Å². The zero-order valence-corrected chi connectivity index (χ0v) is 11.3. The van der Waals surface area contributed by atoms with E-state index < -0.39 is 0 Å². The molecular formula is C13H11Cl2NS. The fraction of sp³-hybridized carbons (Fsp3) is 0.0769. The highest BCUT2D eigenvalue weighted by Gasteiger charge is 2.01. The minimum atomic E-state index is 0.583. The summed E-state index contributed by atoms with van der Waals surface area (Å²) in [4.78, 5) is 1.10. The molecule has 4 heteroatoms.